The van der Waals surface area contributed by atoms with E-state index in [1.165, 1.54) is 22.4 Å². The van der Waals surface area contributed by atoms with Gasteiger partial charge >= 0.3 is 0 Å². The van der Waals surface area contributed by atoms with Crippen LogP contribution in [0.5, 0.6) is 0 Å². The van der Waals surface area contributed by atoms with Gasteiger partial charge in [0.1, 0.15) is 0 Å². The molecule has 1 heterocycles. The molecule has 0 bridgehead atoms. The fraction of sp³-hybridized carbons (Fsp3) is 0.308. The molecule has 2 atom stereocenters. The van der Waals surface area contributed by atoms with Gasteiger partial charge in [-0.05, 0) is 71.3 Å². The number of anilines is 1. The number of nitrogens with one attached hydrogen (secondary N) is 2. The quantitative estimate of drug-likeness (QED) is 0.485. The van der Waals surface area contributed by atoms with Gasteiger partial charge in [0.05, 0.1) is 23.5 Å². The molecule has 3 heteroatoms. The molecule has 3 nitrogen and oxygen atoms in total. The zero-order chi connectivity index (χ0) is 20.6. The van der Waals surface area contributed by atoms with Crippen molar-refractivity contribution >= 4 is 17.1 Å². The fourth-order valence-electron chi connectivity index (χ4n) is 4.37. The van der Waals surface area contributed by atoms with Crippen molar-refractivity contribution in [1.29, 1.82) is 0 Å². The maximum atomic E-state index is 7.82. The first kappa shape index (κ1) is 19.4. The summed E-state index contributed by atoms with van der Waals surface area (Å²) in [6, 6.07) is 25.5. The molecular weight excluding hydrogens is 354 g/mol. The smallest absolute Gasteiger partial charge is 0.0549 e. The van der Waals surface area contributed by atoms with Crippen molar-refractivity contribution in [3.63, 3.8) is 0 Å². The molecule has 1 aliphatic heterocycles. The number of benzene rings is 3. The Morgan fingerprint density at radius 3 is 1.45 bits per heavy atom. The van der Waals surface area contributed by atoms with Crippen molar-refractivity contribution in [2.45, 2.75) is 51.1 Å². The van der Waals surface area contributed by atoms with Gasteiger partial charge in [0.15, 0.2) is 0 Å². The lowest BCUT2D eigenvalue weighted by molar-refractivity contribution is 0.589. The lowest BCUT2D eigenvalue weighted by atomic mass is 9.87. The van der Waals surface area contributed by atoms with E-state index < -0.39 is 0 Å². The van der Waals surface area contributed by atoms with Crippen LogP contribution in [0.1, 0.15) is 62.4 Å². The highest BCUT2D eigenvalue weighted by Crippen LogP contribution is 2.47. The van der Waals surface area contributed by atoms with Crippen LogP contribution in [-0.4, -0.2) is 0 Å². The van der Waals surface area contributed by atoms with E-state index in [9.17, 15) is 0 Å². The minimum atomic E-state index is 0.135. The van der Waals surface area contributed by atoms with Gasteiger partial charge in [0.2, 0.25) is 0 Å². The second kappa shape index (κ2) is 7.47. The molecule has 29 heavy (non-hydrogen) atoms. The van der Waals surface area contributed by atoms with Crippen molar-refractivity contribution in [2.75, 3.05) is 4.90 Å². The molecule has 2 N–H and O–H groups in total. The van der Waals surface area contributed by atoms with Crippen LogP contribution < -0.4 is 16.4 Å². The lowest BCUT2D eigenvalue weighted by Gasteiger charge is -2.34. The maximum Gasteiger partial charge on any atom is 0.0549 e. The molecule has 0 saturated carbocycles. The standard InChI is InChI=1S/C26H29N3/c1-26(2,3)20-8-14-23(15-9-20)29-24(18-4-10-21(27)11-5-18)16-17-25(29)19-6-12-22(28)13-7-19/h4-15,24-25,27-28H,16-17H2,1-3H3/t24-,25-/m1/s1. The summed E-state index contributed by atoms with van der Waals surface area (Å²) in [6.45, 7) is 6.73. The van der Waals surface area contributed by atoms with Gasteiger partial charge < -0.3 is 16.4 Å². The third-order valence-electron chi connectivity index (χ3n) is 6.01. The molecule has 0 unspecified atom stereocenters. The average molecular weight is 384 g/mol. The first-order valence-electron chi connectivity index (χ1n) is 10.3. The van der Waals surface area contributed by atoms with Gasteiger partial charge in [0.25, 0.3) is 0 Å². The van der Waals surface area contributed by atoms with Crippen LogP contribution in [-0.2, 0) is 5.41 Å². The Bertz CT molecular complexity index is 897. The molecule has 3 aromatic rings. The average Bonchev–Trinajstić information content (AvgIpc) is 3.13. The van der Waals surface area contributed by atoms with Crippen LogP contribution in [0, 0.1) is 0 Å². The normalized spacial score (nSPS) is 19.5. The molecule has 3 aromatic carbocycles. The van der Waals surface area contributed by atoms with E-state index in [2.05, 4.69) is 74.2 Å². The predicted octanol–water partition coefficient (Wildman–Crippen LogP) is 6.90. The van der Waals surface area contributed by atoms with Gasteiger partial charge in [-0.2, -0.15) is 0 Å². The van der Waals surface area contributed by atoms with E-state index in [-0.39, 0.29) is 17.5 Å². The Kier molecular flexibility index (Phi) is 4.99. The monoisotopic (exact) mass is 383 g/mol. The van der Waals surface area contributed by atoms with Gasteiger partial charge in [-0.3, -0.25) is 0 Å². The summed E-state index contributed by atoms with van der Waals surface area (Å²) in [5.41, 5.74) is 22.0. The second-order valence-corrected chi connectivity index (χ2v) is 9.06. The van der Waals surface area contributed by atoms with Crippen molar-refractivity contribution in [3.8, 4) is 0 Å². The highest BCUT2D eigenvalue weighted by Gasteiger charge is 2.35. The zero-order valence-corrected chi connectivity index (χ0v) is 17.4. The van der Waals surface area contributed by atoms with Crippen molar-refractivity contribution in [2.24, 2.45) is 0 Å². The van der Waals surface area contributed by atoms with E-state index in [0.29, 0.717) is 11.4 Å². The highest BCUT2D eigenvalue weighted by atomic mass is 15.2. The summed E-state index contributed by atoms with van der Waals surface area (Å²) in [4.78, 5) is 2.53. The molecule has 148 valence electrons. The fourth-order valence-corrected chi connectivity index (χ4v) is 4.37. The first-order valence-corrected chi connectivity index (χ1v) is 10.3. The summed E-state index contributed by atoms with van der Waals surface area (Å²) in [7, 11) is 0. The molecule has 0 amide bonds. The van der Waals surface area contributed by atoms with Gasteiger partial charge in [-0.15, -0.1) is 0 Å². The molecule has 1 fully saturated rings. The lowest BCUT2D eigenvalue weighted by Crippen LogP contribution is -2.26. The highest BCUT2D eigenvalue weighted by molar-refractivity contribution is 5.55. The SMILES string of the molecule is CC(C)(C)c1ccc(N2[C@@H](c3ccc([NH])cc3)CC[C@@H]2c2ccc([NH])cc2)cc1. The Labute approximate surface area is 174 Å². The van der Waals surface area contributed by atoms with Crippen LogP contribution in [0.3, 0.4) is 0 Å². The van der Waals surface area contributed by atoms with E-state index >= 15 is 0 Å². The third kappa shape index (κ3) is 3.95. The van der Waals surface area contributed by atoms with E-state index in [0.717, 1.165) is 12.8 Å². The molecule has 0 aliphatic carbocycles. The van der Waals surface area contributed by atoms with E-state index in [1.54, 1.807) is 0 Å². The first-order chi connectivity index (χ1) is 13.8. The summed E-state index contributed by atoms with van der Waals surface area (Å²) in [6.07, 6.45) is 2.15. The van der Waals surface area contributed by atoms with Crippen LogP contribution in [0.25, 0.3) is 0 Å². The third-order valence-corrected chi connectivity index (χ3v) is 6.01. The zero-order valence-electron chi connectivity index (χ0n) is 17.4. The summed E-state index contributed by atoms with van der Waals surface area (Å²) in [5.74, 6) is 0. The summed E-state index contributed by atoms with van der Waals surface area (Å²) < 4.78 is 0. The summed E-state index contributed by atoms with van der Waals surface area (Å²) in [5, 5.41) is 0. The Morgan fingerprint density at radius 1 is 0.655 bits per heavy atom. The van der Waals surface area contributed by atoms with Crippen LogP contribution in [0.15, 0.2) is 72.8 Å². The number of hydrogen-bond donors (Lipinski definition) is 0. The molecule has 2 radical (unpaired) electrons. The van der Waals surface area contributed by atoms with Gasteiger partial charge in [-0.1, -0.05) is 57.2 Å². The molecule has 4 rings (SSSR count). The van der Waals surface area contributed by atoms with Crippen LogP contribution in [0.2, 0.25) is 0 Å². The van der Waals surface area contributed by atoms with E-state index in [1.807, 2.05) is 24.3 Å². The minimum absolute atomic E-state index is 0.135. The Hall–Kier alpha value is -2.94. The molecule has 0 spiro atoms. The maximum absolute atomic E-state index is 7.82. The van der Waals surface area contributed by atoms with E-state index in [4.69, 9.17) is 11.5 Å². The molecule has 0 aromatic heterocycles. The number of hydrogen-bond acceptors (Lipinski definition) is 1. The van der Waals surface area contributed by atoms with Crippen molar-refractivity contribution in [1.82, 2.24) is 11.5 Å². The Morgan fingerprint density at radius 2 is 1.07 bits per heavy atom. The summed E-state index contributed by atoms with van der Waals surface area (Å²) >= 11 is 0. The minimum Gasteiger partial charge on any atom is -0.357 e. The number of nitrogens with zero attached hydrogens (tertiary/aromatic N) is 1. The van der Waals surface area contributed by atoms with Crippen LogP contribution >= 0.6 is 0 Å². The molecule has 1 aliphatic rings. The molecular formula is C26H29N3. The van der Waals surface area contributed by atoms with Crippen molar-refractivity contribution < 1.29 is 0 Å². The predicted molar refractivity (Wildman–Crippen MR) is 121 cm³/mol. The van der Waals surface area contributed by atoms with Crippen LogP contribution in [0.4, 0.5) is 17.1 Å². The largest absolute Gasteiger partial charge is 0.357 e. The topological polar surface area (TPSA) is 50.8 Å². The van der Waals surface area contributed by atoms with Gasteiger partial charge in [0, 0.05) is 5.69 Å². The second-order valence-electron chi connectivity index (χ2n) is 9.06. The molecule has 1 saturated heterocycles. The van der Waals surface area contributed by atoms with Gasteiger partial charge in [-0.25, -0.2) is 0 Å². The van der Waals surface area contributed by atoms with Crippen molar-refractivity contribution in [3.05, 3.63) is 89.5 Å². The Balaban J connectivity index is 1.74. The number of rotatable bonds is 3.